The van der Waals surface area contributed by atoms with E-state index in [1.54, 1.807) is 30.6 Å². The Hall–Kier alpha value is -4.69. The maximum Gasteiger partial charge on any atom is 0.251 e. The lowest BCUT2D eigenvalue weighted by molar-refractivity contribution is -0.115. The molecule has 0 aliphatic carbocycles. The highest BCUT2D eigenvalue weighted by atomic mass is 19.1. The number of rotatable bonds is 8. The van der Waals surface area contributed by atoms with Gasteiger partial charge in [-0.2, -0.15) is 0 Å². The first-order valence-electron chi connectivity index (χ1n) is 12.6. The number of carbonyl (C=O) groups excluding carboxylic acids is 2. The molecule has 7 nitrogen and oxygen atoms in total. The van der Waals surface area contributed by atoms with E-state index in [4.69, 9.17) is 4.99 Å². The summed E-state index contributed by atoms with van der Waals surface area (Å²) in [5, 5.41) is 5.72. The van der Waals surface area contributed by atoms with Gasteiger partial charge in [0, 0.05) is 36.7 Å². The molecule has 39 heavy (non-hydrogen) atoms. The Labute approximate surface area is 226 Å². The average Bonchev–Trinajstić information content (AvgIpc) is 3.26. The third kappa shape index (κ3) is 6.08. The summed E-state index contributed by atoms with van der Waals surface area (Å²) in [5.41, 5.74) is 5.61. The maximum atomic E-state index is 13.9. The van der Waals surface area contributed by atoms with Crippen molar-refractivity contribution < 1.29 is 14.0 Å². The summed E-state index contributed by atoms with van der Waals surface area (Å²) in [7, 11) is 4.02. The third-order valence-corrected chi connectivity index (χ3v) is 6.42. The first kappa shape index (κ1) is 25.9. The number of hydrogen-bond donors (Lipinski definition) is 2. The van der Waals surface area contributed by atoms with E-state index < -0.39 is 11.7 Å². The Morgan fingerprint density at radius 2 is 1.74 bits per heavy atom. The van der Waals surface area contributed by atoms with Gasteiger partial charge in [-0.25, -0.2) is 4.39 Å². The van der Waals surface area contributed by atoms with Gasteiger partial charge >= 0.3 is 0 Å². The van der Waals surface area contributed by atoms with Gasteiger partial charge in [0.05, 0.1) is 11.4 Å². The largest absolute Gasteiger partial charge is 0.348 e. The molecule has 4 aromatic rings. The summed E-state index contributed by atoms with van der Waals surface area (Å²) in [4.78, 5) is 36.7. The minimum absolute atomic E-state index is 0.208. The monoisotopic (exact) mass is 521 g/mol. The highest BCUT2D eigenvalue weighted by Gasteiger charge is 2.35. The van der Waals surface area contributed by atoms with Crippen LogP contribution < -0.4 is 10.6 Å². The van der Waals surface area contributed by atoms with Crippen molar-refractivity contribution in [2.45, 2.75) is 19.0 Å². The molecule has 5 rings (SSSR count). The number of halogens is 1. The summed E-state index contributed by atoms with van der Waals surface area (Å²) >= 11 is 0. The minimum atomic E-state index is -0.719. The molecule has 1 aliphatic rings. The molecule has 196 valence electrons. The normalized spacial score (nSPS) is 14.7. The van der Waals surface area contributed by atoms with Crippen molar-refractivity contribution in [1.29, 1.82) is 0 Å². The molecule has 0 fully saturated rings. The fourth-order valence-electron chi connectivity index (χ4n) is 4.61. The Bertz CT molecular complexity index is 1530. The molecule has 1 aromatic heterocycles. The van der Waals surface area contributed by atoms with Gasteiger partial charge in [0.15, 0.2) is 0 Å². The molecule has 0 saturated carbocycles. The van der Waals surface area contributed by atoms with Gasteiger partial charge in [-0.05, 0) is 78.8 Å². The van der Waals surface area contributed by atoms with E-state index >= 15 is 0 Å². The van der Waals surface area contributed by atoms with Gasteiger partial charge in [0.1, 0.15) is 11.7 Å². The van der Waals surface area contributed by atoms with Gasteiger partial charge in [-0.15, -0.1) is 0 Å². The number of anilines is 1. The molecule has 8 heteroatoms. The number of benzene rings is 3. The van der Waals surface area contributed by atoms with E-state index in [0.717, 1.165) is 23.2 Å². The molecule has 0 bridgehead atoms. The van der Waals surface area contributed by atoms with Crippen LogP contribution in [-0.2, 0) is 17.9 Å². The van der Waals surface area contributed by atoms with Crippen LogP contribution in [0.25, 0.3) is 0 Å². The highest BCUT2D eigenvalue weighted by Crippen LogP contribution is 2.37. The van der Waals surface area contributed by atoms with Crippen LogP contribution in [0.15, 0.2) is 96.2 Å². The molecule has 0 spiro atoms. The van der Waals surface area contributed by atoms with Crippen molar-refractivity contribution in [3.63, 3.8) is 0 Å². The zero-order valence-electron chi connectivity index (χ0n) is 21.7. The van der Waals surface area contributed by atoms with E-state index in [-0.39, 0.29) is 11.8 Å². The van der Waals surface area contributed by atoms with Crippen molar-refractivity contribution in [3.8, 4) is 0 Å². The molecule has 0 saturated heterocycles. The van der Waals surface area contributed by atoms with Crippen molar-refractivity contribution >= 4 is 28.9 Å². The summed E-state index contributed by atoms with van der Waals surface area (Å²) in [6.07, 6.45) is 3.14. The lowest BCUT2D eigenvalue weighted by Gasteiger charge is -2.16. The number of carbonyl (C=O) groups is 2. The molecule has 1 unspecified atom stereocenters. The van der Waals surface area contributed by atoms with Gasteiger partial charge in [0.2, 0.25) is 5.91 Å². The van der Waals surface area contributed by atoms with E-state index in [9.17, 15) is 14.0 Å². The Morgan fingerprint density at radius 3 is 2.49 bits per heavy atom. The summed E-state index contributed by atoms with van der Waals surface area (Å²) in [6.45, 7) is 1.09. The molecule has 3 aromatic carbocycles. The number of fused-ring (bicyclic) bond motifs is 1. The van der Waals surface area contributed by atoms with Gasteiger partial charge in [0.25, 0.3) is 5.91 Å². The number of hydrogen-bond acceptors (Lipinski definition) is 5. The topological polar surface area (TPSA) is 86.7 Å². The van der Waals surface area contributed by atoms with Crippen LogP contribution in [0.1, 0.15) is 38.5 Å². The second-order valence-electron chi connectivity index (χ2n) is 9.67. The highest BCUT2D eigenvalue weighted by molar-refractivity contribution is 6.24. The SMILES string of the molecule is CN(C)Cc1ccc(N=C(c2cccc(CNC(=O)c3ccncc3)c2)C2C(=O)Nc3cc(F)ccc32)cc1. The van der Waals surface area contributed by atoms with E-state index in [0.29, 0.717) is 34.8 Å². The van der Waals surface area contributed by atoms with Crippen LogP contribution in [0.4, 0.5) is 15.8 Å². The molecule has 2 heterocycles. The zero-order chi connectivity index (χ0) is 27.4. The van der Waals surface area contributed by atoms with Gasteiger partial charge < -0.3 is 15.5 Å². The molecule has 2 amide bonds. The van der Waals surface area contributed by atoms with Gasteiger partial charge in [-0.3, -0.25) is 19.6 Å². The Balaban J connectivity index is 1.49. The predicted octanol–water partition coefficient (Wildman–Crippen LogP) is 5.07. The number of aromatic nitrogens is 1. The third-order valence-electron chi connectivity index (χ3n) is 6.42. The summed E-state index contributed by atoms with van der Waals surface area (Å²) in [6, 6.07) is 23.1. The summed E-state index contributed by atoms with van der Waals surface area (Å²) < 4.78 is 13.9. The Morgan fingerprint density at radius 1 is 0.974 bits per heavy atom. The lowest BCUT2D eigenvalue weighted by atomic mass is 9.90. The number of amides is 2. The van der Waals surface area contributed by atoms with Crippen LogP contribution in [0.3, 0.4) is 0 Å². The molecule has 2 N–H and O–H groups in total. The molecular weight excluding hydrogens is 493 g/mol. The molecule has 1 atom stereocenters. The smallest absolute Gasteiger partial charge is 0.251 e. The van der Waals surface area contributed by atoms with Crippen molar-refractivity contribution in [2.75, 3.05) is 19.4 Å². The van der Waals surface area contributed by atoms with E-state index in [2.05, 4.69) is 20.5 Å². The van der Waals surface area contributed by atoms with Crippen molar-refractivity contribution in [3.05, 3.63) is 125 Å². The minimum Gasteiger partial charge on any atom is -0.348 e. The van der Waals surface area contributed by atoms with Crippen LogP contribution in [0, 0.1) is 5.82 Å². The zero-order valence-corrected chi connectivity index (χ0v) is 21.7. The fourth-order valence-corrected chi connectivity index (χ4v) is 4.61. The van der Waals surface area contributed by atoms with Crippen LogP contribution in [-0.4, -0.2) is 41.5 Å². The predicted molar refractivity (Wildman–Crippen MR) is 150 cm³/mol. The summed E-state index contributed by atoms with van der Waals surface area (Å²) in [5.74, 6) is -1.61. The fraction of sp³-hybridized carbons (Fsp3) is 0.161. The molecular formula is C31H28FN5O2. The second-order valence-corrected chi connectivity index (χ2v) is 9.67. The number of nitrogens with one attached hydrogen (secondary N) is 2. The van der Waals surface area contributed by atoms with Gasteiger partial charge in [-0.1, -0.05) is 36.4 Å². The Kier molecular flexibility index (Phi) is 7.56. The van der Waals surface area contributed by atoms with Crippen LogP contribution >= 0.6 is 0 Å². The van der Waals surface area contributed by atoms with Crippen LogP contribution in [0.5, 0.6) is 0 Å². The number of pyridine rings is 1. The maximum absolute atomic E-state index is 13.9. The van der Waals surface area contributed by atoms with E-state index in [1.807, 2.05) is 62.6 Å². The first-order chi connectivity index (χ1) is 18.9. The average molecular weight is 522 g/mol. The van der Waals surface area contributed by atoms with E-state index in [1.165, 1.54) is 12.1 Å². The number of nitrogens with zero attached hydrogens (tertiary/aromatic N) is 3. The van der Waals surface area contributed by atoms with Crippen LogP contribution in [0.2, 0.25) is 0 Å². The van der Waals surface area contributed by atoms with Crippen molar-refractivity contribution in [2.24, 2.45) is 4.99 Å². The second kappa shape index (κ2) is 11.4. The number of aliphatic imine (C=N–C) groups is 1. The standard InChI is InChI=1S/C31H28FN5O2/c1-37(2)19-20-6-9-25(10-7-20)35-29(28-26-11-8-24(32)17-27(26)36-31(28)39)23-5-3-4-21(16-23)18-34-30(38)22-12-14-33-15-13-22/h3-17,28H,18-19H2,1-2H3,(H,34,38)(H,36,39). The molecule has 1 aliphatic heterocycles. The van der Waals surface area contributed by atoms with Crippen molar-refractivity contribution in [1.82, 2.24) is 15.2 Å². The lowest BCUT2D eigenvalue weighted by Crippen LogP contribution is -2.24. The quantitative estimate of drug-likeness (QED) is 0.317. The first-order valence-corrected chi connectivity index (χ1v) is 12.6. The molecule has 0 radical (unpaired) electrons.